The Kier molecular flexibility index (Phi) is 7.61. The molecular weight excluding hydrogens is 310 g/mol. The van der Waals surface area contributed by atoms with Crippen LogP contribution in [0.5, 0.6) is 0 Å². The van der Waals surface area contributed by atoms with Crippen molar-refractivity contribution in [3.8, 4) is 0 Å². The SMILES string of the molecule is CC(C)C(CC(=O)O)NC(=O)CCSc1ccccc1Cl. The van der Waals surface area contributed by atoms with Crippen LogP contribution in [0.3, 0.4) is 0 Å². The minimum atomic E-state index is -0.903. The molecule has 0 bridgehead atoms. The number of carbonyl (C=O) groups excluding carboxylic acids is 1. The lowest BCUT2D eigenvalue weighted by Crippen LogP contribution is -2.40. The quantitative estimate of drug-likeness (QED) is 0.717. The molecule has 1 aromatic rings. The highest BCUT2D eigenvalue weighted by molar-refractivity contribution is 7.99. The van der Waals surface area contributed by atoms with Crippen molar-refractivity contribution in [2.75, 3.05) is 5.75 Å². The first kappa shape index (κ1) is 17.9. The molecule has 0 aliphatic rings. The zero-order valence-electron chi connectivity index (χ0n) is 12.1. The van der Waals surface area contributed by atoms with E-state index in [2.05, 4.69) is 5.32 Å². The van der Waals surface area contributed by atoms with Crippen LogP contribution in [-0.4, -0.2) is 28.8 Å². The summed E-state index contributed by atoms with van der Waals surface area (Å²) in [6, 6.07) is 7.15. The molecular formula is C15H20ClNO3S. The van der Waals surface area contributed by atoms with Gasteiger partial charge in [-0.15, -0.1) is 11.8 Å². The lowest BCUT2D eigenvalue weighted by atomic mass is 10.0. The molecule has 2 N–H and O–H groups in total. The fourth-order valence-corrected chi connectivity index (χ4v) is 2.92. The molecule has 1 atom stereocenters. The molecule has 0 spiro atoms. The Labute approximate surface area is 134 Å². The van der Waals surface area contributed by atoms with Crippen molar-refractivity contribution in [1.82, 2.24) is 5.32 Å². The van der Waals surface area contributed by atoms with E-state index < -0.39 is 5.97 Å². The number of benzene rings is 1. The third-order valence-electron chi connectivity index (χ3n) is 2.97. The molecule has 0 radical (unpaired) electrons. The molecule has 1 amide bonds. The minimum absolute atomic E-state index is 0.0545. The molecule has 4 nitrogen and oxygen atoms in total. The maximum Gasteiger partial charge on any atom is 0.305 e. The fourth-order valence-electron chi connectivity index (χ4n) is 1.74. The van der Waals surface area contributed by atoms with Crippen LogP contribution in [0.4, 0.5) is 0 Å². The van der Waals surface area contributed by atoms with Gasteiger partial charge in [0, 0.05) is 23.1 Å². The maximum absolute atomic E-state index is 11.9. The highest BCUT2D eigenvalue weighted by Gasteiger charge is 2.19. The van der Waals surface area contributed by atoms with Gasteiger partial charge < -0.3 is 10.4 Å². The zero-order chi connectivity index (χ0) is 15.8. The predicted molar refractivity (Wildman–Crippen MR) is 85.8 cm³/mol. The molecule has 116 valence electrons. The van der Waals surface area contributed by atoms with Crippen molar-refractivity contribution < 1.29 is 14.7 Å². The third-order valence-corrected chi connectivity index (χ3v) is 4.49. The Balaban J connectivity index is 2.39. The number of thioether (sulfide) groups is 1. The lowest BCUT2D eigenvalue weighted by Gasteiger charge is -2.20. The molecule has 0 aromatic heterocycles. The molecule has 1 aromatic carbocycles. The summed E-state index contributed by atoms with van der Waals surface area (Å²) in [6.07, 6.45) is 0.278. The van der Waals surface area contributed by atoms with Gasteiger partial charge in [-0.25, -0.2) is 0 Å². The van der Waals surface area contributed by atoms with Crippen LogP contribution < -0.4 is 5.32 Å². The summed E-state index contributed by atoms with van der Waals surface area (Å²) in [7, 11) is 0. The summed E-state index contributed by atoms with van der Waals surface area (Å²) >= 11 is 7.55. The van der Waals surface area contributed by atoms with E-state index in [0.29, 0.717) is 17.2 Å². The molecule has 0 heterocycles. The van der Waals surface area contributed by atoms with Gasteiger partial charge in [0.2, 0.25) is 5.91 Å². The topological polar surface area (TPSA) is 66.4 Å². The fraction of sp³-hybridized carbons (Fsp3) is 0.467. The summed E-state index contributed by atoms with van der Waals surface area (Å²) in [6.45, 7) is 3.79. The second kappa shape index (κ2) is 8.95. The molecule has 0 aliphatic carbocycles. The van der Waals surface area contributed by atoms with Crippen molar-refractivity contribution >= 4 is 35.2 Å². The highest BCUT2D eigenvalue weighted by Crippen LogP contribution is 2.26. The number of carboxylic acids is 1. The standard InChI is InChI=1S/C15H20ClNO3S/c1-10(2)12(9-15(19)20)17-14(18)7-8-21-13-6-4-3-5-11(13)16/h3-6,10,12H,7-9H2,1-2H3,(H,17,18)(H,19,20). The normalized spacial score (nSPS) is 12.2. The molecule has 0 aliphatic heterocycles. The lowest BCUT2D eigenvalue weighted by molar-refractivity contribution is -0.138. The average molecular weight is 330 g/mol. The molecule has 1 rings (SSSR count). The third kappa shape index (κ3) is 6.87. The number of carbonyl (C=O) groups is 2. The van der Waals surface area contributed by atoms with E-state index in [1.54, 1.807) is 0 Å². The van der Waals surface area contributed by atoms with Gasteiger partial charge in [-0.05, 0) is 18.1 Å². The largest absolute Gasteiger partial charge is 0.481 e. The molecule has 1 unspecified atom stereocenters. The number of hydrogen-bond donors (Lipinski definition) is 2. The van der Waals surface area contributed by atoms with Gasteiger partial charge >= 0.3 is 5.97 Å². The van der Waals surface area contributed by atoms with Crippen molar-refractivity contribution in [1.29, 1.82) is 0 Å². The molecule has 0 saturated heterocycles. The van der Waals surface area contributed by atoms with Crippen LogP contribution in [0, 0.1) is 5.92 Å². The first-order valence-corrected chi connectivity index (χ1v) is 8.15. The number of amides is 1. The Bertz CT molecular complexity index is 494. The van der Waals surface area contributed by atoms with Crippen LogP contribution >= 0.6 is 23.4 Å². The Morgan fingerprint density at radius 3 is 2.57 bits per heavy atom. The van der Waals surface area contributed by atoms with E-state index in [1.807, 2.05) is 38.1 Å². The molecule has 21 heavy (non-hydrogen) atoms. The first-order valence-electron chi connectivity index (χ1n) is 6.78. The van der Waals surface area contributed by atoms with E-state index in [-0.39, 0.29) is 24.3 Å². The van der Waals surface area contributed by atoms with Gasteiger partial charge in [0.1, 0.15) is 0 Å². The van der Waals surface area contributed by atoms with Crippen LogP contribution in [0.25, 0.3) is 0 Å². The summed E-state index contributed by atoms with van der Waals surface area (Å²) < 4.78 is 0. The number of hydrogen-bond acceptors (Lipinski definition) is 3. The Morgan fingerprint density at radius 2 is 2.00 bits per heavy atom. The van der Waals surface area contributed by atoms with Crippen molar-refractivity contribution in [2.24, 2.45) is 5.92 Å². The monoisotopic (exact) mass is 329 g/mol. The average Bonchev–Trinajstić information content (AvgIpc) is 2.39. The summed E-state index contributed by atoms with van der Waals surface area (Å²) in [5.74, 6) is -0.344. The van der Waals surface area contributed by atoms with E-state index in [1.165, 1.54) is 11.8 Å². The van der Waals surface area contributed by atoms with Crippen LogP contribution in [0.15, 0.2) is 29.2 Å². The van der Waals surface area contributed by atoms with Crippen LogP contribution in [0.1, 0.15) is 26.7 Å². The van der Waals surface area contributed by atoms with Gasteiger partial charge in [-0.3, -0.25) is 9.59 Å². The minimum Gasteiger partial charge on any atom is -0.481 e. The summed E-state index contributed by atoms with van der Waals surface area (Å²) in [5.41, 5.74) is 0. The smallest absolute Gasteiger partial charge is 0.305 e. The van der Waals surface area contributed by atoms with Crippen LogP contribution in [0.2, 0.25) is 5.02 Å². The van der Waals surface area contributed by atoms with Crippen molar-refractivity contribution in [2.45, 2.75) is 37.6 Å². The van der Waals surface area contributed by atoms with E-state index >= 15 is 0 Å². The summed E-state index contributed by atoms with van der Waals surface area (Å²) in [4.78, 5) is 23.6. The van der Waals surface area contributed by atoms with Gasteiger partial charge in [-0.1, -0.05) is 37.6 Å². The van der Waals surface area contributed by atoms with Gasteiger partial charge in [0.05, 0.1) is 11.4 Å². The molecule has 6 heteroatoms. The number of nitrogens with one attached hydrogen (secondary N) is 1. The second-order valence-corrected chi connectivity index (χ2v) is 6.59. The summed E-state index contributed by atoms with van der Waals surface area (Å²) in [5, 5.41) is 12.3. The first-order chi connectivity index (χ1) is 9.90. The number of aliphatic carboxylic acids is 1. The molecule has 0 saturated carbocycles. The number of carboxylic acid groups (broad SMARTS) is 1. The number of halogens is 1. The highest BCUT2D eigenvalue weighted by atomic mass is 35.5. The maximum atomic E-state index is 11.9. The van der Waals surface area contributed by atoms with E-state index in [0.717, 1.165) is 4.90 Å². The van der Waals surface area contributed by atoms with Gasteiger partial charge in [0.15, 0.2) is 0 Å². The Morgan fingerprint density at radius 1 is 1.33 bits per heavy atom. The van der Waals surface area contributed by atoms with Crippen LogP contribution in [-0.2, 0) is 9.59 Å². The zero-order valence-corrected chi connectivity index (χ0v) is 13.7. The van der Waals surface area contributed by atoms with E-state index in [4.69, 9.17) is 16.7 Å². The van der Waals surface area contributed by atoms with Gasteiger partial charge in [0.25, 0.3) is 0 Å². The van der Waals surface area contributed by atoms with Crippen molar-refractivity contribution in [3.05, 3.63) is 29.3 Å². The van der Waals surface area contributed by atoms with Crippen molar-refractivity contribution in [3.63, 3.8) is 0 Å². The van der Waals surface area contributed by atoms with Gasteiger partial charge in [-0.2, -0.15) is 0 Å². The Hall–Kier alpha value is -1.20. The second-order valence-electron chi connectivity index (χ2n) is 5.04. The number of rotatable bonds is 8. The molecule has 0 fully saturated rings. The predicted octanol–water partition coefficient (Wildman–Crippen LogP) is 3.44. The van der Waals surface area contributed by atoms with E-state index in [9.17, 15) is 9.59 Å².